The van der Waals surface area contributed by atoms with Crippen LogP contribution in [0.1, 0.15) is 31.8 Å². The average molecular weight is 475 g/mol. The Balaban J connectivity index is 1.96. The second-order valence-corrected chi connectivity index (χ2v) is 7.53. The number of nitrogens with zero attached hydrogens (tertiary/aromatic N) is 1. The van der Waals surface area contributed by atoms with Crippen molar-refractivity contribution in [2.75, 3.05) is 12.4 Å². The van der Waals surface area contributed by atoms with Crippen molar-refractivity contribution in [3.05, 3.63) is 86.8 Å². The Labute approximate surface area is 192 Å². The highest BCUT2D eigenvalue weighted by atomic mass is 35.5. The van der Waals surface area contributed by atoms with E-state index in [2.05, 4.69) is 10.3 Å². The number of methoxy groups -OCH3 is 1. The third-order valence-corrected chi connectivity index (χ3v) is 4.97. The summed E-state index contributed by atoms with van der Waals surface area (Å²) >= 11 is 11.9. The van der Waals surface area contributed by atoms with Crippen LogP contribution in [-0.2, 0) is 6.42 Å². The molecular weight excluding hydrogens is 458 g/mol. The molecule has 7 nitrogen and oxygen atoms in total. The molecule has 1 amide bonds. The molecule has 2 aromatic carbocycles. The standard InChI is InChI=1S/C22H17Cl2FN4O3/c1-32-19-8-13(24)7-16(22(31)29-20-5-3-12(23)10-28-20)15(19)9-18(30)14-4-2-11(21(26)27)6-17(14)25/h2-8,10H,9H2,1H3,(H3,26,27)(H,28,29,31). The number of Topliss-reactive ketones (excluding diaryl/α,β-unsaturated/α-hetero) is 1. The average Bonchev–Trinajstić information content (AvgIpc) is 2.75. The monoisotopic (exact) mass is 474 g/mol. The van der Waals surface area contributed by atoms with Gasteiger partial charge in [0.15, 0.2) is 5.78 Å². The summed E-state index contributed by atoms with van der Waals surface area (Å²) in [4.78, 5) is 29.8. The van der Waals surface area contributed by atoms with Crippen LogP contribution in [0.3, 0.4) is 0 Å². The van der Waals surface area contributed by atoms with Crippen molar-refractivity contribution < 1.29 is 18.7 Å². The molecule has 0 radical (unpaired) electrons. The molecule has 0 spiro atoms. The van der Waals surface area contributed by atoms with Crippen LogP contribution in [0.4, 0.5) is 10.2 Å². The second-order valence-electron chi connectivity index (χ2n) is 6.66. The summed E-state index contributed by atoms with van der Waals surface area (Å²) in [6, 6.07) is 9.53. The van der Waals surface area contributed by atoms with Crippen LogP contribution >= 0.6 is 23.2 Å². The molecule has 0 saturated carbocycles. The van der Waals surface area contributed by atoms with Crippen molar-refractivity contribution in [2.45, 2.75) is 6.42 Å². The van der Waals surface area contributed by atoms with E-state index in [9.17, 15) is 14.0 Å². The van der Waals surface area contributed by atoms with E-state index in [1.807, 2.05) is 0 Å². The highest BCUT2D eigenvalue weighted by Crippen LogP contribution is 2.30. The summed E-state index contributed by atoms with van der Waals surface area (Å²) < 4.78 is 19.8. The molecule has 3 aromatic rings. The summed E-state index contributed by atoms with van der Waals surface area (Å²) in [6.07, 6.45) is 1.03. The van der Waals surface area contributed by atoms with Gasteiger partial charge in [-0.05, 0) is 36.4 Å². The minimum absolute atomic E-state index is 0.0696. The Morgan fingerprint density at radius 2 is 1.88 bits per heavy atom. The van der Waals surface area contributed by atoms with Crippen LogP contribution in [0.15, 0.2) is 48.7 Å². The van der Waals surface area contributed by atoms with Gasteiger partial charge in [-0.2, -0.15) is 0 Å². The number of benzene rings is 2. The Morgan fingerprint density at radius 3 is 2.47 bits per heavy atom. The zero-order chi connectivity index (χ0) is 23.4. The molecule has 0 aliphatic carbocycles. The number of hydrogen-bond acceptors (Lipinski definition) is 5. The highest BCUT2D eigenvalue weighted by Gasteiger charge is 2.22. The predicted octanol–water partition coefficient (Wildman–Crippen LogP) is 4.50. The van der Waals surface area contributed by atoms with Crippen molar-refractivity contribution in [3.63, 3.8) is 0 Å². The molecular formula is C22H17Cl2FN4O3. The maximum atomic E-state index is 14.5. The van der Waals surface area contributed by atoms with Gasteiger partial charge >= 0.3 is 0 Å². The minimum Gasteiger partial charge on any atom is -0.496 e. The molecule has 3 rings (SSSR count). The van der Waals surface area contributed by atoms with Crippen molar-refractivity contribution in [3.8, 4) is 5.75 Å². The van der Waals surface area contributed by atoms with E-state index in [4.69, 9.17) is 39.1 Å². The predicted molar refractivity (Wildman–Crippen MR) is 121 cm³/mol. The van der Waals surface area contributed by atoms with Gasteiger partial charge in [-0.3, -0.25) is 15.0 Å². The van der Waals surface area contributed by atoms with Crippen LogP contribution in [0, 0.1) is 11.2 Å². The summed E-state index contributed by atoms with van der Waals surface area (Å²) in [6.45, 7) is 0. The lowest BCUT2D eigenvalue weighted by molar-refractivity contribution is 0.0987. The van der Waals surface area contributed by atoms with E-state index < -0.39 is 17.5 Å². The van der Waals surface area contributed by atoms with Gasteiger partial charge in [0.25, 0.3) is 5.91 Å². The molecule has 164 valence electrons. The molecule has 1 heterocycles. The van der Waals surface area contributed by atoms with E-state index in [0.717, 1.165) is 6.07 Å². The first kappa shape index (κ1) is 23.2. The smallest absolute Gasteiger partial charge is 0.257 e. The Hall–Kier alpha value is -3.49. The maximum absolute atomic E-state index is 14.5. The summed E-state index contributed by atoms with van der Waals surface area (Å²) in [7, 11) is 1.37. The largest absolute Gasteiger partial charge is 0.496 e. The fourth-order valence-corrected chi connectivity index (χ4v) is 3.30. The molecule has 0 atom stereocenters. The van der Waals surface area contributed by atoms with Gasteiger partial charge in [0.05, 0.1) is 17.7 Å². The molecule has 0 fully saturated rings. The van der Waals surface area contributed by atoms with Gasteiger partial charge < -0.3 is 15.8 Å². The zero-order valence-electron chi connectivity index (χ0n) is 16.7. The first-order valence-corrected chi connectivity index (χ1v) is 9.91. The molecule has 0 unspecified atom stereocenters. The number of nitrogen functional groups attached to an aromatic ring is 1. The molecule has 0 bridgehead atoms. The van der Waals surface area contributed by atoms with Crippen LogP contribution in [0.25, 0.3) is 0 Å². The SMILES string of the molecule is COc1cc(Cl)cc(C(=O)Nc2ccc(Cl)cn2)c1CC(=O)c1ccc(C(=N)N)cc1F. The third-order valence-electron chi connectivity index (χ3n) is 4.53. The fourth-order valence-electron chi connectivity index (χ4n) is 2.98. The number of aromatic nitrogens is 1. The molecule has 0 saturated heterocycles. The van der Waals surface area contributed by atoms with Gasteiger partial charge in [0.2, 0.25) is 0 Å². The zero-order valence-corrected chi connectivity index (χ0v) is 18.2. The molecule has 0 aliphatic heterocycles. The van der Waals surface area contributed by atoms with E-state index in [1.165, 1.54) is 43.6 Å². The lowest BCUT2D eigenvalue weighted by Gasteiger charge is -2.15. The van der Waals surface area contributed by atoms with E-state index in [-0.39, 0.29) is 51.1 Å². The summed E-state index contributed by atoms with van der Waals surface area (Å²) in [5.74, 6) is -1.90. The number of carbonyl (C=O) groups excluding carboxylic acids is 2. The fraction of sp³-hybridized carbons (Fsp3) is 0.0909. The summed E-state index contributed by atoms with van der Waals surface area (Å²) in [5.41, 5.74) is 5.59. The van der Waals surface area contributed by atoms with Crippen molar-refractivity contribution >= 4 is 46.5 Å². The maximum Gasteiger partial charge on any atom is 0.257 e. The molecule has 0 aliphatic rings. The Kier molecular flexibility index (Phi) is 7.07. The first-order chi connectivity index (χ1) is 15.2. The van der Waals surface area contributed by atoms with Crippen molar-refractivity contribution in [1.29, 1.82) is 5.41 Å². The van der Waals surface area contributed by atoms with Gasteiger partial charge in [-0.15, -0.1) is 0 Å². The number of rotatable bonds is 7. The van der Waals surface area contributed by atoms with E-state index in [1.54, 1.807) is 6.07 Å². The Morgan fingerprint density at radius 1 is 1.12 bits per heavy atom. The second kappa shape index (κ2) is 9.76. The first-order valence-electron chi connectivity index (χ1n) is 9.16. The topological polar surface area (TPSA) is 118 Å². The van der Waals surface area contributed by atoms with Crippen molar-refractivity contribution in [1.82, 2.24) is 4.98 Å². The number of carbonyl (C=O) groups is 2. The van der Waals surface area contributed by atoms with Gasteiger partial charge in [0, 0.05) is 34.3 Å². The van der Waals surface area contributed by atoms with Gasteiger partial charge in [0.1, 0.15) is 23.2 Å². The van der Waals surface area contributed by atoms with E-state index >= 15 is 0 Å². The molecule has 10 heteroatoms. The third kappa shape index (κ3) is 5.22. The van der Waals surface area contributed by atoms with Crippen LogP contribution in [-0.4, -0.2) is 29.6 Å². The summed E-state index contributed by atoms with van der Waals surface area (Å²) in [5, 5.41) is 10.6. The number of amidine groups is 1. The highest BCUT2D eigenvalue weighted by molar-refractivity contribution is 6.31. The van der Waals surface area contributed by atoms with Crippen LogP contribution in [0.5, 0.6) is 5.75 Å². The minimum atomic E-state index is -0.827. The number of ether oxygens (including phenoxy) is 1. The molecule has 32 heavy (non-hydrogen) atoms. The number of nitrogens with one attached hydrogen (secondary N) is 2. The Bertz CT molecular complexity index is 1220. The lowest BCUT2D eigenvalue weighted by atomic mass is 9.96. The van der Waals surface area contributed by atoms with E-state index in [0.29, 0.717) is 5.02 Å². The number of pyridine rings is 1. The van der Waals surface area contributed by atoms with Crippen LogP contribution in [0.2, 0.25) is 10.0 Å². The van der Waals surface area contributed by atoms with Crippen LogP contribution < -0.4 is 15.8 Å². The normalized spacial score (nSPS) is 10.5. The number of amides is 1. The number of nitrogens with two attached hydrogens (primary N) is 1. The lowest BCUT2D eigenvalue weighted by Crippen LogP contribution is -2.18. The number of hydrogen-bond donors (Lipinski definition) is 3. The quantitative estimate of drug-likeness (QED) is 0.264. The molecule has 4 N–H and O–H groups in total. The van der Waals surface area contributed by atoms with Gasteiger partial charge in [-0.25, -0.2) is 9.37 Å². The van der Waals surface area contributed by atoms with Crippen molar-refractivity contribution in [2.24, 2.45) is 5.73 Å². The number of ketones is 1. The number of anilines is 1. The molecule has 1 aromatic heterocycles. The number of halogens is 3. The van der Waals surface area contributed by atoms with Gasteiger partial charge in [-0.1, -0.05) is 29.3 Å².